The van der Waals surface area contributed by atoms with E-state index in [0.717, 1.165) is 60.6 Å². The van der Waals surface area contributed by atoms with Gasteiger partial charge in [-0.15, -0.1) is 0 Å². The Morgan fingerprint density at radius 3 is 1.71 bits per heavy atom. The Kier molecular flexibility index (Phi) is 7.10. The molecule has 0 aliphatic rings. The number of pyridine rings is 1. The van der Waals surface area contributed by atoms with Gasteiger partial charge in [0.1, 0.15) is 0 Å². The van der Waals surface area contributed by atoms with Crippen LogP contribution in [0.1, 0.15) is 0 Å². The summed E-state index contributed by atoms with van der Waals surface area (Å²) in [6, 6.07) is 61.7. The minimum atomic E-state index is 0.624. The van der Waals surface area contributed by atoms with Gasteiger partial charge in [0.15, 0.2) is 17.5 Å². The quantitative estimate of drug-likeness (QED) is 0.172. The zero-order valence-electron chi connectivity index (χ0n) is 28.1. The number of aromatic nitrogens is 4. The fraction of sp³-hybridized carbons (Fsp3) is 0. The molecule has 0 aliphatic carbocycles. The zero-order valence-corrected chi connectivity index (χ0v) is 28.1. The van der Waals surface area contributed by atoms with E-state index < -0.39 is 0 Å². The largest absolute Gasteiger partial charge is 0.256 e. The van der Waals surface area contributed by atoms with Crippen molar-refractivity contribution in [2.45, 2.75) is 0 Å². The van der Waals surface area contributed by atoms with Gasteiger partial charge in [-0.3, -0.25) is 4.98 Å². The van der Waals surface area contributed by atoms with Gasteiger partial charge in [-0.05, 0) is 84.9 Å². The molecular weight excluding hydrogens is 633 g/mol. The van der Waals surface area contributed by atoms with E-state index in [9.17, 15) is 0 Å². The van der Waals surface area contributed by atoms with E-state index in [1.165, 1.54) is 21.5 Å². The molecule has 242 valence electrons. The summed E-state index contributed by atoms with van der Waals surface area (Å²) in [6.07, 6.45) is 1.85. The highest BCUT2D eigenvalue weighted by Crippen LogP contribution is 2.38. The van der Waals surface area contributed by atoms with Crippen LogP contribution in [-0.4, -0.2) is 19.9 Å². The van der Waals surface area contributed by atoms with Gasteiger partial charge in [0, 0.05) is 28.3 Å². The topological polar surface area (TPSA) is 51.6 Å². The molecule has 0 unspecified atom stereocenters. The smallest absolute Gasteiger partial charge is 0.164 e. The highest BCUT2D eigenvalue weighted by atomic mass is 15.0. The summed E-state index contributed by atoms with van der Waals surface area (Å²) >= 11 is 0. The molecule has 2 heterocycles. The van der Waals surface area contributed by atoms with Gasteiger partial charge in [-0.25, -0.2) is 15.0 Å². The Balaban J connectivity index is 1.18. The van der Waals surface area contributed by atoms with Crippen molar-refractivity contribution in [2.24, 2.45) is 0 Å². The summed E-state index contributed by atoms with van der Waals surface area (Å²) in [7, 11) is 0. The van der Waals surface area contributed by atoms with Crippen molar-refractivity contribution in [1.29, 1.82) is 0 Å². The third-order valence-electron chi connectivity index (χ3n) is 9.93. The van der Waals surface area contributed by atoms with Crippen LogP contribution in [0.5, 0.6) is 0 Å². The van der Waals surface area contributed by atoms with E-state index in [0.29, 0.717) is 17.5 Å². The number of benzene rings is 8. The molecule has 0 spiro atoms. The zero-order chi connectivity index (χ0) is 34.4. The Morgan fingerprint density at radius 2 is 0.904 bits per heavy atom. The maximum absolute atomic E-state index is 5.19. The highest BCUT2D eigenvalue weighted by Gasteiger charge is 2.17. The van der Waals surface area contributed by atoms with Crippen LogP contribution in [0.3, 0.4) is 0 Å². The molecule has 0 aliphatic heterocycles. The number of nitrogens with zero attached hydrogens (tertiary/aromatic N) is 4. The first kappa shape index (κ1) is 29.8. The first-order valence-electron chi connectivity index (χ1n) is 17.5. The molecule has 0 fully saturated rings. The van der Waals surface area contributed by atoms with Crippen LogP contribution in [0.4, 0.5) is 0 Å². The molecule has 2 aromatic heterocycles. The van der Waals surface area contributed by atoms with Gasteiger partial charge in [0.2, 0.25) is 0 Å². The van der Waals surface area contributed by atoms with Crippen LogP contribution >= 0.6 is 0 Å². The first-order valence-corrected chi connectivity index (χ1v) is 17.5. The lowest BCUT2D eigenvalue weighted by atomic mass is 9.91. The van der Waals surface area contributed by atoms with Gasteiger partial charge in [0.25, 0.3) is 0 Å². The number of hydrogen-bond acceptors (Lipinski definition) is 4. The summed E-state index contributed by atoms with van der Waals surface area (Å²) in [5.74, 6) is 1.88. The van der Waals surface area contributed by atoms with Crippen molar-refractivity contribution < 1.29 is 0 Å². The predicted octanol–water partition coefficient (Wildman–Crippen LogP) is 12.2. The van der Waals surface area contributed by atoms with Gasteiger partial charge in [0.05, 0.1) is 5.52 Å². The van der Waals surface area contributed by atoms with E-state index in [1.54, 1.807) is 0 Å². The SMILES string of the molecule is c1ccc(-c2nc(-c3ccc(-c4ccc5ccccc5c4)c(-c4ccccc4)c3)nc(-c3ccc4ccc5ccc6ncccc6c5c4c3)n2)cc1. The second-order valence-electron chi connectivity index (χ2n) is 13.1. The Bertz CT molecular complexity index is 2950. The standard InChI is InChI=1S/C48H30N4/c1-3-11-32(12-4-1)42-29-39(23-25-40(42)37-21-17-31-10-7-8-15-36(31)28-37)48-51-46(35-13-5-2-6-14-35)50-47(52-48)38-22-19-33-18-20-34-24-26-44-41(16-9-27-49-44)45(34)43(33)30-38/h1-30H. The molecule has 0 atom stereocenters. The number of hydrogen-bond donors (Lipinski definition) is 0. The minimum Gasteiger partial charge on any atom is -0.256 e. The second kappa shape index (κ2) is 12.4. The van der Waals surface area contributed by atoms with Crippen LogP contribution < -0.4 is 0 Å². The molecular formula is C48H30N4. The molecule has 10 rings (SSSR count). The fourth-order valence-electron chi connectivity index (χ4n) is 7.34. The van der Waals surface area contributed by atoms with Crippen LogP contribution in [0.25, 0.3) is 99.6 Å². The van der Waals surface area contributed by atoms with Crippen molar-refractivity contribution in [3.8, 4) is 56.4 Å². The minimum absolute atomic E-state index is 0.624. The van der Waals surface area contributed by atoms with Crippen LogP contribution in [0.15, 0.2) is 182 Å². The number of rotatable bonds is 5. The Labute approximate surface area is 300 Å². The average Bonchev–Trinajstić information content (AvgIpc) is 3.23. The predicted molar refractivity (Wildman–Crippen MR) is 215 cm³/mol. The van der Waals surface area contributed by atoms with Crippen LogP contribution in [0.2, 0.25) is 0 Å². The first-order chi connectivity index (χ1) is 25.7. The molecule has 0 saturated carbocycles. The summed E-state index contributed by atoms with van der Waals surface area (Å²) in [5.41, 5.74) is 8.33. The molecule has 0 bridgehead atoms. The molecule has 0 saturated heterocycles. The van der Waals surface area contributed by atoms with Crippen molar-refractivity contribution in [1.82, 2.24) is 19.9 Å². The Hall–Kier alpha value is -7.04. The van der Waals surface area contributed by atoms with Crippen molar-refractivity contribution in [2.75, 3.05) is 0 Å². The molecule has 4 heteroatoms. The molecule has 10 aromatic rings. The third-order valence-corrected chi connectivity index (χ3v) is 9.93. The van der Waals surface area contributed by atoms with Crippen LogP contribution in [0, 0.1) is 0 Å². The average molecular weight is 663 g/mol. The van der Waals surface area contributed by atoms with Crippen molar-refractivity contribution >= 4 is 43.2 Å². The summed E-state index contributed by atoms with van der Waals surface area (Å²) in [5, 5.41) is 8.21. The highest BCUT2D eigenvalue weighted by molar-refractivity contribution is 6.20. The maximum Gasteiger partial charge on any atom is 0.164 e. The summed E-state index contributed by atoms with van der Waals surface area (Å²) in [4.78, 5) is 20.0. The molecule has 8 aromatic carbocycles. The number of fused-ring (bicyclic) bond motifs is 6. The fourth-order valence-corrected chi connectivity index (χ4v) is 7.34. The lowest BCUT2D eigenvalue weighted by molar-refractivity contribution is 1.07. The Morgan fingerprint density at radius 1 is 0.308 bits per heavy atom. The van der Waals surface area contributed by atoms with Gasteiger partial charge in [-0.2, -0.15) is 0 Å². The summed E-state index contributed by atoms with van der Waals surface area (Å²) < 4.78 is 0. The second-order valence-corrected chi connectivity index (χ2v) is 13.1. The summed E-state index contributed by atoms with van der Waals surface area (Å²) in [6.45, 7) is 0. The van der Waals surface area contributed by atoms with Crippen molar-refractivity contribution in [3.63, 3.8) is 0 Å². The van der Waals surface area contributed by atoms with E-state index >= 15 is 0 Å². The lowest BCUT2D eigenvalue weighted by Crippen LogP contribution is -2.00. The monoisotopic (exact) mass is 662 g/mol. The van der Waals surface area contributed by atoms with Gasteiger partial charge < -0.3 is 0 Å². The molecule has 4 nitrogen and oxygen atoms in total. The molecule has 0 N–H and O–H groups in total. The van der Waals surface area contributed by atoms with E-state index in [-0.39, 0.29) is 0 Å². The maximum atomic E-state index is 5.19. The van der Waals surface area contributed by atoms with Crippen LogP contribution in [-0.2, 0) is 0 Å². The molecule has 0 radical (unpaired) electrons. The van der Waals surface area contributed by atoms with E-state index in [2.05, 4.69) is 145 Å². The van der Waals surface area contributed by atoms with Crippen molar-refractivity contribution in [3.05, 3.63) is 182 Å². The normalized spacial score (nSPS) is 11.5. The van der Waals surface area contributed by atoms with E-state index in [1.807, 2.05) is 42.6 Å². The lowest BCUT2D eigenvalue weighted by Gasteiger charge is -2.14. The third kappa shape index (κ3) is 5.26. The van der Waals surface area contributed by atoms with Gasteiger partial charge in [-0.1, -0.05) is 146 Å². The van der Waals surface area contributed by atoms with E-state index in [4.69, 9.17) is 15.0 Å². The molecule has 0 amide bonds. The van der Waals surface area contributed by atoms with Gasteiger partial charge >= 0.3 is 0 Å². The molecule has 52 heavy (non-hydrogen) atoms.